The van der Waals surface area contributed by atoms with E-state index in [4.69, 9.17) is 16.3 Å². The Morgan fingerprint density at radius 1 is 1.14 bits per heavy atom. The molecule has 0 aromatic heterocycles. The Labute approximate surface area is 134 Å². The second-order valence-electron chi connectivity index (χ2n) is 4.89. The van der Waals surface area contributed by atoms with Crippen LogP contribution in [0.4, 0.5) is 5.69 Å². The van der Waals surface area contributed by atoms with Gasteiger partial charge in [0.25, 0.3) is 5.91 Å². The maximum atomic E-state index is 12.1. The summed E-state index contributed by atoms with van der Waals surface area (Å²) < 4.78 is 5.17. The van der Waals surface area contributed by atoms with Gasteiger partial charge in [0.1, 0.15) is 0 Å². The molecule has 0 aliphatic rings. The lowest BCUT2D eigenvalue weighted by Crippen LogP contribution is -2.30. The first-order valence-corrected chi connectivity index (χ1v) is 7.18. The second-order valence-corrected chi connectivity index (χ2v) is 5.29. The highest BCUT2D eigenvalue weighted by Crippen LogP contribution is 2.20. The molecule has 0 heterocycles. The first-order chi connectivity index (χ1) is 10.5. The van der Waals surface area contributed by atoms with Gasteiger partial charge in [-0.1, -0.05) is 41.4 Å². The van der Waals surface area contributed by atoms with E-state index in [0.717, 1.165) is 5.56 Å². The lowest BCUT2D eigenvalue weighted by Gasteiger charge is -2.14. The number of carbonyl (C=O) groups excluding carboxylic acids is 2. The van der Waals surface area contributed by atoms with Gasteiger partial charge in [0.2, 0.25) is 0 Å². The van der Waals surface area contributed by atoms with Gasteiger partial charge in [0.15, 0.2) is 6.10 Å². The van der Waals surface area contributed by atoms with Gasteiger partial charge in [-0.15, -0.1) is 0 Å². The number of para-hydroxylation sites is 1. The number of carbonyl (C=O) groups is 2. The smallest absolute Gasteiger partial charge is 0.338 e. The molecule has 4 nitrogen and oxygen atoms in total. The van der Waals surface area contributed by atoms with Crippen molar-refractivity contribution in [1.29, 1.82) is 0 Å². The van der Waals surface area contributed by atoms with Crippen molar-refractivity contribution in [2.45, 2.75) is 20.0 Å². The molecule has 0 radical (unpaired) electrons. The quantitative estimate of drug-likeness (QED) is 0.872. The fourth-order valence-corrected chi connectivity index (χ4v) is 2.03. The average molecular weight is 318 g/mol. The molecule has 2 aromatic rings. The SMILES string of the molecule is Cc1cccc(C(=O)O[C@@H](C)C(=O)Nc2ccccc2Cl)c1. The highest BCUT2D eigenvalue weighted by molar-refractivity contribution is 6.33. The van der Waals surface area contributed by atoms with Gasteiger partial charge in [-0.3, -0.25) is 4.79 Å². The third kappa shape index (κ3) is 4.09. The minimum atomic E-state index is -0.927. The average Bonchev–Trinajstić information content (AvgIpc) is 2.49. The van der Waals surface area contributed by atoms with Crippen LogP contribution in [0.25, 0.3) is 0 Å². The summed E-state index contributed by atoms with van der Waals surface area (Å²) in [5.74, 6) is -0.973. The van der Waals surface area contributed by atoms with E-state index >= 15 is 0 Å². The van der Waals surface area contributed by atoms with E-state index in [0.29, 0.717) is 16.3 Å². The Balaban J connectivity index is 1.99. The van der Waals surface area contributed by atoms with Crippen LogP contribution < -0.4 is 5.32 Å². The van der Waals surface area contributed by atoms with Crippen LogP contribution in [0.15, 0.2) is 48.5 Å². The predicted molar refractivity (Wildman–Crippen MR) is 86.1 cm³/mol. The fraction of sp³-hybridized carbons (Fsp3) is 0.176. The van der Waals surface area contributed by atoms with E-state index in [1.807, 2.05) is 13.0 Å². The van der Waals surface area contributed by atoms with Crippen LogP contribution in [0.3, 0.4) is 0 Å². The molecular formula is C17H16ClNO3. The molecule has 1 amide bonds. The summed E-state index contributed by atoms with van der Waals surface area (Å²) in [5, 5.41) is 3.05. The van der Waals surface area contributed by atoms with Crippen molar-refractivity contribution in [1.82, 2.24) is 0 Å². The highest BCUT2D eigenvalue weighted by Gasteiger charge is 2.19. The third-order valence-electron chi connectivity index (χ3n) is 3.04. The topological polar surface area (TPSA) is 55.4 Å². The number of halogens is 1. The second kappa shape index (κ2) is 7.09. The number of nitrogens with one attached hydrogen (secondary N) is 1. The van der Waals surface area contributed by atoms with Gasteiger partial charge in [0, 0.05) is 0 Å². The number of hydrogen-bond acceptors (Lipinski definition) is 3. The van der Waals surface area contributed by atoms with Gasteiger partial charge in [-0.2, -0.15) is 0 Å². The van der Waals surface area contributed by atoms with Crippen molar-refractivity contribution < 1.29 is 14.3 Å². The lowest BCUT2D eigenvalue weighted by molar-refractivity contribution is -0.123. The van der Waals surface area contributed by atoms with Crippen LogP contribution in [-0.4, -0.2) is 18.0 Å². The summed E-state index contributed by atoms with van der Waals surface area (Å²) in [7, 11) is 0. The molecule has 0 aliphatic carbocycles. The van der Waals surface area contributed by atoms with Crippen LogP contribution in [-0.2, 0) is 9.53 Å². The molecule has 1 N–H and O–H groups in total. The number of esters is 1. The van der Waals surface area contributed by atoms with E-state index in [2.05, 4.69) is 5.32 Å². The molecule has 114 valence electrons. The Morgan fingerprint density at radius 2 is 1.86 bits per heavy atom. The molecule has 0 saturated carbocycles. The van der Waals surface area contributed by atoms with Crippen LogP contribution in [0, 0.1) is 6.92 Å². The van der Waals surface area contributed by atoms with E-state index < -0.39 is 18.0 Å². The molecule has 2 aromatic carbocycles. The standard InChI is InChI=1S/C17H16ClNO3/c1-11-6-5-7-13(10-11)17(21)22-12(2)16(20)19-15-9-4-3-8-14(15)18/h3-10,12H,1-2H3,(H,19,20)/t12-/m0/s1. The maximum Gasteiger partial charge on any atom is 0.338 e. The zero-order chi connectivity index (χ0) is 16.1. The normalized spacial score (nSPS) is 11.6. The lowest BCUT2D eigenvalue weighted by atomic mass is 10.1. The molecular weight excluding hydrogens is 302 g/mol. The number of hydrogen-bond donors (Lipinski definition) is 1. The number of ether oxygens (including phenoxy) is 1. The van der Waals surface area contributed by atoms with Crippen LogP contribution >= 0.6 is 11.6 Å². The number of amides is 1. The zero-order valence-electron chi connectivity index (χ0n) is 12.3. The number of benzene rings is 2. The molecule has 0 fully saturated rings. The van der Waals surface area contributed by atoms with Gasteiger partial charge >= 0.3 is 5.97 Å². The first-order valence-electron chi connectivity index (χ1n) is 6.80. The predicted octanol–water partition coefficient (Wildman–Crippen LogP) is 3.83. The number of anilines is 1. The molecule has 0 unspecified atom stereocenters. The Hall–Kier alpha value is -2.33. The van der Waals surface area contributed by atoms with Gasteiger partial charge in [-0.25, -0.2) is 4.79 Å². The van der Waals surface area contributed by atoms with Gasteiger partial charge in [0.05, 0.1) is 16.3 Å². The molecule has 0 spiro atoms. The Morgan fingerprint density at radius 3 is 2.55 bits per heavy atom. The molecule has 5 heteroatoms. The Kier molecular flexibility index (Phi) is 5.17. The molecule has 22 heavy (non-hydrogen) atoms. The minimum Gasteiger partial charge on any atom is -0.449 e. The largest absolute Gasteiger partial charge is 0.449 e. The zero-order valence-corrected chi connectivity index (χ0v) is 13.1. The summed E-state index contributed by atoms with van der Waals surface area (Å²) >= 11 is 5.97. The summed E-state index contributed by atoms with van der Waals surface area (Å²) in [6, 6.07) is 13.9. The van der Waals surface area contributed by atoms with Crippen molar-refractivity contribution in [3.05, 3.63) is 64.7 Å². The molecule has 0 aliphatic heterocycles. The summed E-state index contributed by atoms with van der Waals surface area (Å²) in [4.78, 5) is 24.1. The Bertz CT molecular complexity index is 700. The first kappa shape index (κ1) is 16.0. The molecule has 0 saturated heterocycles. The van der Waals surface area contributed by atoms with Crippen molar-refractivity contribution >= 4 is 29.2 Å². The number of aryl methyl sites for hydroxylation is 1. The highest BCUT2D eigenvalue weighted by atomic mass is 35.5. The third-order valence-corrected chi connectivity index (χ3v) is 3.37. The van der Waals surface area contributed by atoms with Crippen LogP contribution in [0.2, 0.25) is 5.02 Å². The summed E-state index contributed by atoms with van der Waals surface area (Å²) in [6.07, 6.45) is -0.927. The van der Waals surface area contributed by atoms with Crippen molar-refractivity contribution in [3.8, 4) is 0 Å². The van der Waals surface area contributed by atoms with Crippen molar-refractivity contribution in [3.63, 3.8) is 0 Å². The van der Waals surface area contributed by atoms with Gasteiger partial charge < -0.3 is 10.1 Å². The van der Waals surface area contributed by atoms with Crippen molar-refractivity contribution in [2.75, 3.05) is 5.32 Å². The van der Waals surface area contributed by atoms with Crippen LogP contribution in [0.1, 0.15) is 22.8 Å². The van der Waals surface area contributed by atoms with E-state index in [9.17, 15) is 9.59 Å². The monoisotopic (exact) mass is 317 g/mol. The van der Waals surface area contributed by atoms with E-state index in [1.54, 1.807) is 42.5 Å². The summed E-state index contributed by atoms with van der Waals surface area (Å²) in [5.41, 5.74) is 1.84. The minimum absolute atomic E-state index is 0.414. The molecule has 0 bridgehead atoms. The maximum absolute atomic E-state index is 12.1. The fourth-order valence-electron chi connectivity index (χ4n) is 1.85. The van der Waals surface area contributed by atoms with E-state index in [-0.39, 0.29) is 0 Å². The molecule has 2 rings (SSSR count). The summed E-state index contributed by atoms with van der Waals surface area (Å²) in [6.45, 7) is 3.39. The molecule has 1 atom stereocenters. The van der Waals surface area contributed by atoms with E-state index in [1.165, 1.54) is 6.92 Å². The van der Waals surface area contributed by atoms with Crippen LogP contribution in [0.5, 0.6) is 0 Å². The van der Waals surface area contributed by atoms with Crippen molar-refractivity contribution in [2.24, 2.45) is 0 Å². The van der Waals surface area contributed by atoms with Gasteiger partial charge in [-0.05, 0) is 38.1 Å². The number of rotatable bonds is 4.